The van der Waals surface area contributed by atoms with Crippen molar-refractivity contribution in [3.05, 3.63) is 22.9 Å². The molecule has 5 nitrogen and oxygen atoms in total. The third kappa shape index (κ3) is 2.71. The van der Waals surface area contributed by atoms with E-state index in [1.54, 1.807) is 23.9 Å². The topological polar surface area (TPSA) is 64.2 Å². The molecule has 0 aliphatic heterocycles. The van der Waals surface area contributed by atoms with Crippen molar-refractivity contribution in [2.24, 2.45) is 5.92 Å². The lowest BCUT2D eigenvalue weighted by Gasteiger charge is -2.05. The van der Waals surface area contributed by atoms with Crippen LogP contribution in [0.1, 0.15) is 20.3 Å². The van der Waals surface area contributed by atoms with Gasteiger partial charge in [0.15, 0.2) is 0 Å². The molecule has 0 aliphatic carbocycles. The number of carbonyl (C=O) groups is 1. The van der Waals surface area contributed by atoms with Crippen LogP contribution in [0, 0.1) is 5.92 Å². The van der Waals surface area contributed by atoms with Gasteiger partial charge in [-0.15, -0.1) is 0 Å². The van der Waals surface area contributed by atoms with Crippen molar-refractivity contribution >= 4 is 5.97 Å². The minimum atomic E-state index is -0.884. The largest absolute Gasteiger partial charge is 0.481 e. The molecule has 0 saturated heterocycles. The van der Waals surface area contributed by atoms with Gasteiger partial charge in [0.25, 0.3) is 0 Å². The number of hydrogen-bond acceptors (Lipinski definition) is 2. The zero-order chi connectivity index (χ0) is 11.4. The van der Waals surface area contributed by atoms with Crippen LogP contribution in [0.3, 0.4) is 0 Å². The molecule has 0 bridgehead atoms. The Morgan fingerprint density at radius 3 is 2.60 bits per heavy atom. The first-order valence-electron chi connectivity index (χ1n) is 5.04. The molecule has 0 radical (unpaired) electrons. The summed E-state index contributed by atoms with van der Waals surface area (Å²) < 4.78 is 3.03. The van der Waals surface area contributed by atoms with Crippen LogP contribution in [0.4, 0.5) is 0 Å². The van der Waals surface area contributed by atoms with Crippen molar-refractivity contribution in [3.63, 3.8) is 0 Å². The molecule has 0 aliphatic rings. The Hall–Kier alpha value is -1.52. The van der Waals surface area contributed by atoms with Gasteiger partial charge in [0, 0.05) is 25.5 Å². The lowest BCUT2D eigenvalue weighted by Crippen LogP contribution is -2.28. The molecule has 0 fully saturated rings. The minimum absolute atomic E-state index is 0.134. The highest BCUT2D eigenvalue weighted by Crippen LogP contribution is 1.98. The average molecular weight is 212 g/mol. The molecular weight excluding hydrogens is 196 g/mol. The summed E-state index contributed by atoms with van der Waals surface area (Å²) in [5.41, 5.74) is -0.134. The molecular formula is C10H16N2O3. The van der Waals surface area contributed by atoms with E-state index in [-0.39, 0.29) is 12.2 Å². The first-order chi connectivity index (χ1) is 7.06. The van der Waals surface area contributed by atoms with Crippen molar-refractivity contribution in [2.75, 3.05) is 0 Å². The molecule has 1 rings (SSSR count). The molecule has 84 valence electrons. The van der Waals surface area contributed by atoms with Crippen LogP contribution in [0.5, 0.6) is 0 Å². The van der Waals surface area contributed by atoms with Gasteiger partial charge in [-0.05, 0) is 6.42 Å². The first-order valence-corrected chi connectivity index (χ1v) is 5.04. The van der Waals surface area contributed by atoms with Crippen LogP contribution in [-0.2, 0) is 17.9 Å². The zero-order valence-electron chi connectivity index (χ0n) is 9.01. The van der Waals surface area contributed by atoms with E-state index in [0.29, 0.717) is 6.54 Å². The van der Waals surface area contributed by atoms with E-state index in [9.17, 15) is 9.59 Å². The van der Waals surface area contributed by atoms with Crippen LogP contribution in [0.25, 0.3) is 0 Å². The maximum atomic E-state index is 11.6. The molecule has 1 heterocycles. The third-order valence-corrected chi connectivity index (χ3v) is 2.27. The highest BCUT2D eigenvalue weighted by atomic mass is 16.4. The van der Waals surface area contributed by atoms with Crippen molar-refractivity contribution in [1.29, 1.82) is 0 Å². The molecule has 0 amide bonds. The van der Waals surface area contributed by atoms with Gasteiger partial charge in [0.1, 0.15) is 0 Å². The molecule has 0 spiro atoms. The highest BCUT2D eigenvalue weighted by Gasteiger charge is 2.13. The molecule has 0 saturated carbocycles. The fourth-order valence-corrected chi connectivity index (χ4v) is 1.38. The monoisotopic (exact) mass is 212 g/mol. The number of hydrogen-bond donors (Lipinski definition) is 1. The molecule has 1 aromatic heterocycles. The van der Waals surface area contributed by atoms with Gasteiger partial charge < -0.3 is 5.11 Å². The van der Waals surface area contributed by atoms with Gasteiger partial charge in [0.05, 0.1) is 5.92 Å². The van der Waals surface area contributed by atoms with E-state index >= 15 is 0 Å². The van der Waals surface area contributed by atoms with E-state index in [1.807, 2.05) is 6.92 Å². The van der Waals surface area contributed by atoms with E-state index in [0.717, 1.165) is 6.42 Å². The van der Waals surface area contributed by atoms with Crippen molar-refractivity contribution in [1.82, 2.24) is 9.13 Å². The third-order valence-electron chi connectivity index (χ3n) is 2.27. The summed E-state index contributed by atoms with van der Waals surface area (Å²) >= 11 is 0. The Bertz CT molecular complexity index is 392. The lowest BCUT2D eigenvalue weighted by atomic mass is 10.2. The smallest absolute Gasteiger partial charge is 0.328 e. The van der Waals surface area contributed by atoms with Gasteiger partial charge in [-0.3, -0.25) is 13.9 Å². The number of aliphatic carboxylic acids is 1. The number of aromatic nitrogens is 2. The Balaban J connectivity index is 2.79. The molecule has 1 unspecified atom stereocenters. The van der Waals surface area contributed by atoms with Crippen LogP contribution in [0.15, 0.2) is 17.2 Å². The number of carboxylic acid groups (broad SMARTS) is 1. The number of carboxylic acids is 1. The van der Waals surface area contributed by atoms with Crippen LogP contribution < -0.4 is 5.69 Å². The molecule has 1 aromatic rings. The summed E-state index contributed by atoms with van der Waals surface area (Å²) in [5.74, 6) is -1.43. The van der Waals surface area contributed by atoms with Crippen molar-refractivity contribution in [2.45, 2.75) is 33.4 Å². The van der Waals surface area contributed by atoms with Gasteiger partial charge in [0.2, 0.25) is 0 Å². The van der Waals surface area contributed by atoms with Gasteiger partial charge in [-0.25, -0.2) is 4.79 Å². The second-order valence-corrected chi connectivity index (χ2v) is 3.67. The second-order valence-electron chi connectivity index (χ2n) is 3.67. The maximum Gasteiger partial charge on any atom is 0.328 e. The number of rotatable bonds is 5. The fraction of sp³-hybridized carbons (Fsp3) is 0.600. The predicted octanol–water partition coefficient (Wildman–Crippen LogP) is 0.780. The zero-order valence-corrected chi connectivity index (χ0v) is 9.01. The van der Waals surface area contributed by atoms with Gasteiger partial charge >= 0.3 is 11.7 Å². The minimum Gasteiger partial charge on any atom is -0.481 e. The molecule has 1 N–H and O–H groups in total. The summed E-state index contributed by atoms with van der Waals surface area (Å²) in [5, 5.41) is 8.72. The molecule has 5 heteroatoms. The summed E-state index contributed by atoms with van der Waals surface area (Å²) in [6.07, 6.45) is 4.22. The number of aryl methyl sites for hydroxylation is 1. The molecule has 1 atom stereocenters. The standard InChI is InChI=1S/C10H16N2O3/c1-3-4-11-5-6-12(10(11)15)7-8(2)9(13)14/h5-6,8H,3-4,7H2,1-2H3,(H,13,14). The van der Waals surface area contributed by atoms with Crippen LogP contribution in [-0.4, -0.2) is 20.2 Å². The van der Waals surface area contributed by atoms with Crippen molar-refractivity contribution in [3.8, 4) is 0 Å². The Labute approximate surface area is 88.0 Å². The first kappa shape index (κ1) is 11.6. The maximum absolute atomic E-state index is 11.6. The summed E-state index contributed by atoms with van der Waals surface area (Å²) in [4.78, 5) is 22.3. The summed E-state index contributed by atoms with van der Waals surface area (Å²) in [6, 6.07) is 0. The summed E-state index contributed by atoms with van der Waals surface area (Å²) in [6.45, 7) is 4.48. The van der Waals surface area contributed by atoms with Crippen LogP contribution in [0.2, 0.25) is 0 Å². The lowest BCUT2D eigenvalue weighted by molar-refractivity contribution is -0.141. The average Bonchev–Trinajstić information content (AvgIpc) is 2.50. The number of nitrogens with zero attached hydrogens (tertiary/aromatic N) is 2. The van der Waals surface area contributed by atoms with E-state index < -0.39 is 11.9 Å². The SMILES string of the molecule is CCCn1ccn(CC(C)C(=O)O)c1=O. The Morgan fingerprint density at radius 2 is 2.07 bits per heavy atom. The van der Waals surface area contributed by atoms with Gasteiger partial charge in [-0.2, -0.15) is 0 Å². The molecule has 0 aromatic carbocycles. The van der Waals surface area contributed by atoms with Gasteiger partial charge in [-0.1, -0.05) is 13.8 Å². The normalized spacial score (nSPS) is 12.7. The second kappa shape index (κ2) is 4.82. The summed E-state index contributed by atoms with van der Waals surface area (Å²) in [7, 11) is 0. The van der Waals surface area contributed by atoms with E-state index in [4.69, 9.17) is 5.11 Å². The predicted molar refractivity (Wildman–Crippen MR) is 55.8 cm³/mol. The van der Waals surface area contributed by atoms with E-state index in [2.05, 4.69) is 0 Å². The Morgan fingerprint density at radius 1 is 1.47 bits per heavy atom. The fourth-order valence-electron chi connectivity index (χ4n) is 1.38. The Kier molecular flexibility index (Phi) is 3.71. The molecule has 15 heavy (non-hydrogen) atoms. The number of imidazole rings is 1. The quantitative estimate of drug-likeness (QED) is 0.784. The highest BCUT2D eigenvalue weighted by molar-refractivity contribution is 5.69. The van der Waals surface area contributed by atoms with Crippen LogP contribution >= 0.6 is 0 Å². The van der Waals surface area contributed by atoms with Crippen molar-refractivity contribution < 1.29 is 9.90 Å². The van der Waals surface area contributed by atoms with E-state index in [1.165, 1.54) is 4.57 Å².